The molecule has 0 bridgehead atoms. The minimum Gasteiger partial charge on any atom is -0.376 e. The zero-order valence-electron chi connectivity index (χ0n) is 9.19. The Labute approximate surface area is 94.6 Å². The lowest BCUT2D eigenvalue weighted by molar-refractivity contribution is 0.0957. The molecule has 0 spiro atoms. The molecule has 1 N–H and O–H groups in total. The number of nitrogens with zero attached hydrogens (tertiary/aromatic N) is 2. The van der Waals surface area contributed by atoms with Gasteiger partial charge >= 0.3 is 0 Å². The van der Waals surface area contributed by atoms with Crippen molar-refractivity contribution in [2.75, 3.05) is 6.61 Å². The summed E-state index contributed by atoms with van der Waals surface area (Å²) in [7, 11) is 0. The van der Waals surface area contributed by atoms with Crippen molar-refractivity contribution in [1.82, 2.24) is 14.8 Å². The Morgan fingerprint density at radius 1 is 1.67 bits per heavy atom. The van der Waals surface area contributed by atoms with Crippen LogP contribution in [0.25, 0.3) is 0 Å². The molecular weight excluding hydrogens is 210 g/mol. The molecule has 1 fully saturated rings. The Morgan fingerprint density at radius 3 is 3.07 bits per heavy atom. The quantitative estimate of drug-likeness (QED) is 0.805. The van der Waals surface area contributed by atoms with E-state index in [1.165, 1.54) is 0 Å². The van der Waals surface area contributed by atoms with Crippen LogP contribution in [0.3, 0.4) is 0 Å². The number of aromatic amines is 1. The van der Waals surface area contributed by atoms with Gasteiger partial charge in [0, 0.05) is 12.5 Å². The van der Waals surface area contributed by atoms with Crippen LogP contribution >= 0.6 is 12.2 Å². The maximum Gasteiger partial charge on any atom is 0.195 e. The molecule has 1 atom stereocenters. The molecule has 1 aromatic rings. The van der Waals surface area contributed by atoms with Gasteiger partial charge in [0.05, 0.1) is 12.6 Å². The van der Waals surface area contributed by atoms with Gasteiger partial charge in [-0.3, -0.25) is 5.10 Å². The van der Waals surface area contributed by atoms with Gasteiger partial charge in [-0.1, -0.05) is 13.8 Å². The second-order valence-electron chi connectivity index (χ2n) is 4.29. The average Bonchev–Trinajstić information content (AvgIpc) is 2.78. The van der Waals surface area contributed by atoms with Crippen LogP contribution < -0.4 is 0 Å². The van der Waals surface area contributed by atoms with Crippen molar-refractivity contribution in [2.45, 2.75) is 45.3 Å². The normalized spacial score (nSPS) is 21.4. The van der Waals surface area contributed by atoms with Crippen LogP contribution in [0.15, 0.2) is 0 Å². The monoisotopic (exact) mass is 227 g/mol. The first-order chi connectivity index (χ1) is 7.18. The fourth-order valence-electron chi connectivity index (χ4n) is 1.94. The largest absolute Gasteiger partial charge is 0.376 e. The Balaban J connectivity index is 2.18. The van der Waals surface area contributed by atoms with Crippen LogP contribution in [0.2, 0.25) is 0 Å². The lowest BCUT2D eigenvalue weighted by Crippen LogP contribution is -2.17. The number of hydrogen-bond donors (Lipinski definition) is 1. The van der Waals surface area contributed by atoms with E-state index in [0.717, 1.165) is 31.8 Å². The highest BCUT2D eigenvalue weighted by Crippen LogP contribution is 2.17. The first-order valence-electron chi connectivity index (χ1n) is 5.45. The lowest BCUT2D eigenvalue weighted by atomic mass is 10.2. The van der Waals surface area contributed by atoms with Gasteiger partial charge in [0.25, 0.3) is 0 Å². The third-order valence-corrected chi connectivity index (χ3v) is 3.03. The van der Waals surface area contributed by atoms with E-state index in [0.29, 0.717) is 16.8 Å². The van der Waals surface area contributed by atoms with E-state index < -0.39 is 0 Å². The summed E-state index contributed by atoms with van der Waals surface area (Å²) in [5, 5.41) is 7.10. The van der Waals surface area contributed by atoms with Crippen LogP contribution in [0.1, 0.15) is 38.4 Å². The number of nitrogens with one attached hydrogen (secondary N) is 1. The summed E-state index contributed by atoms with van der Waals surface area (Å²) < 4.78 is 8.38. The van der Waals surface area contributed by atoms with Crippen molar-refractivity contribution >= 4 is 12.2 Å². The van der Waals surface area contributed by atoms with E-state index in [1.807, 2.05) is 0 Å². The van der Waals surface area contributed by atoms with Crippen molar-refractivity contribution in [2.24, 2.45) is 0 Å². The molecule has 84 valence electrons. The van der Waals surface area contributed by atoms with Crippen molar-refractivity contribution in [3.05, 3.63) is 10.6 Å². The van der Waals surface area contributed by atoms with Gasteiger partial charge in [-0.25, -0.2) is 0 Å². The second-order valence-corrected chi connectivity index (χ2v) is 4.67. The third-order valence-electron chi connectivity index (χ3n) is 2.71. The first kappa shape index (κ1) is 10.8. The fraction of sp³-hybridized carbons (Fsp3) is 0.800. The van der Waals surface area contributed by atoms with Gasteiger partial charge in [-0.05, 0) is 25.1 Å². The standard InChI is InChI=1S/C10H17N3OS/c1-7(2)9-11-12-10(15)13(9)6-8-4-3-5-14-8/h7-8H,3-6H2,1-2H3,(H,12,15). The van der Waals surface area contributed by atoms with E-state index in [4.69, 9.17) is 17.0 Å². The minimum atomic E-state index is 0.312. The average molecular weight is 227 g/mol. The summed E-state index contributed by atoms with van der Waals surface area (Å²) in [6.07, 6.45) is 2.60. The molecule has 5 heteroatoms. The number of aromatic nitrogens is 3. The molecule has 1 aliphatic rings. The molecule has 0 saturated carbocycles. The van der Waals surface area contributed by atoms with Gasteiger partial charge in [0.15, 0.2) is 4.77 Å². The minimum absolute atomic E-state index is 0.312. The maximum atomic E-state index is 5.61. The summed E-state index contributed by atoms with van der Waals surface area (Å²) in [6, 6.07) is 0. The summed E-state index contributed by atoms with van der Waals surface area (Å²) in [4.78, 5) is 0. The lowest BCUT2D eigenvalue weighted by Gasteiger charge is -2.13. The van der Waals surface area contributed by atoms with Gasteiger partial charge in [0.1, 0.15) is 5.82 Å². The zero-order valence-corrected chi connectivity index (χ0v) is 10.0. The molecule has 15 heavy (non-hydrogen) atoms. The summed E-state index contributed by atoms with van der Waals surface area (Å²) in [5.74, 6) is 1.41. The summed E-state index contributed by atoms with van der Waals surface area (Å²) >= 11 is 5.22. The predicted octanol–water partition coefficient (Wildman–Crippen LogP) is 2.24. The van der Waals surface area contributed by atoms with Crippen LogP contribution in [0.4, 0.5) is 0 Å². The first-order valence-corrected chi connectivity index (χ1v) is 5.86. The molecule has 2 rings (SSSR count). The highest BCUT2D eigenvalue weighted by molar-refractivity contribution is 7.71. The fourth-order valence-corrected chi connectivity index (χ4v) is 2.15. The molecule has 0 radical (unpaired) electrons. The topological polar surface area (TPSA) is 42.8 Å². The van der Waals surface area contributed by atoms with Crippen LogP contribution in [-0.2, 0) is 11.3 Å². The van der Waals surface area contributed by atoms with Gasteiger partial charge in [-0.2, -0.15) is 5.10 Å². The van der Waals surface area contributed by atoms with Gasteiger partial charge in [0.2, 0.25) is 0 Å². The summed E-state index contributed by atoms with van der Waals surface area (Å²) in [5.41, 5.74) is 0. The van der Waals surface area contributed by atoms with E-state index in [-0.39, 0.29) is 0 Å². The highest BCUT2D eigenvalue weighted by atomic mass is 32.1. The SMILES string of the molecule is CC(C)c1n[nH]c(=S)n1CC1CCCO1. The van der Waals surface area contributed by atoms with Gasteiger partial charge in [-0.15, -0.1) is 0 Å². The smallest absolute Gasteiger partial charge is 0.195 e. The van der Waals surface area contributed by atoms with E-state index >= 15 is 0 Å². The number of hydrogen-bond acceptors (Lipinski definition) is 3. The van der Waals surface area contributed by atoms with E-state index in [9.17, 15) is 0 Å². The highest BCUT2D eigenvalue weighted by Gasteiger charge is 2.19. The number of rotatable bonds is 3. The maximum absolute atomic E-state index is 5.61. The molecule has 0 aromatic carbocycles. The van der Waals surface area contributed by atoms with Crippen molar-refractivity contribution in [3.8, 4) is 0 Å². The Morgan fingerprint density at radius 2 is 2.47 bits per heavy atom. The molecule has 1 aromatic heterocycles. The van der Waals surface area contributed by atoms with Crippen molar-refractivity contribution in [3.63, 3.8) is 0 Å². The molecule has 1 aliphatic heterocycles. The molecule has 1 saturated heterocycles. The molecule has 0 amide bonds. The predicted molar refractivity (Wildman–Crippen MR) is 60.5 cm³/mol. The zero-order chi connectivity index (χ0) is 10.8. The van der Waals surface area contributed by atoms with Gasteiger partial charge < -0.3 is 9.30 Å². The Hall–Kier alpha value is -0.680. The van der Waals surface area contributed by atoms with Crippen LogP contribution in [0.5, 0.6) is 0 Å². The third kappa shape index (κ3) is 2.29. The molecule has 2 heterocycles. The second kappa shape index (κ2) is 4.45. The Kier molecular flexibility index (Phi) is 3.21. The number of ether oxygens (including phenoxy) is 1. The molecular formula is C10H17N3OS. The summed E-state index contributed by atoms with van der Waals surface area (Å²) in [6.45, 7) is 5.96. The molecule has 0 aliphatic carbocycles. The molecule has 1 unspecified atom stereocenters. The van der Waals surface area contributed by atoms with Crippen molar-refractivity contribution < 1.29 is 4.74 Å². The van der Waals surface area contributed by atoms with Crippen molar-refractivity contribution in [1.29, 1.82) is 0 Å². The van der Waals surface area contributed by atoms with Crippen LogP contribution in [0, 0.1) is 4.77 Å². The van der Waals surface area contributed by atoms with E-state index in [2.05, 4.69) is 28.6 Å². The van der Waals surface area contributed by atoms with Crippen LogP contribution in [-0.4, -0.2) is 27.5 Å². The number of H-pyrrole nitrogens is 1. The van der Waals surface area contributed by atoms with E-state index in [1.54, 1.807) is 0 Å². The Bertz CT molecular complexity index is 376. The molecule has 4 nitrogen and oxygen atoms in total.